The van der Waals surface area contributed by atoms with Gasteiger partial charge in [-0.2, -0.15) is 0 Å². The molecule has 0 radical (unpaired) electrons. The van der Waals surface area contributed by atoms with Crippen LogP contribution in [0.3, 0.4) is 0 Å². The van der Waals surface area contributed by atoms with E-state index in [1.54, 1.807) is 31.2 Å². The molecule has 0 heterocycles. The van der Waals surface area contributed by atoms with Crippen molar-refractivity contribution in [3.8, 4) is 11.5 Å². The molecule has 82 valence electrons. The molecule has 0 fully saturated rings. The number of esters is 1. The van der Waals surface area contributed by atoms with Gasteiger partial charge in [-0.3, -0.25) is 4.79 Å². The van der Waals surface area contributed by atoms with Gasteiger partial charge in [0.2, 0.25) is 0 Å². The molecule has 1 N–H and O–H groups in total. The maximum Gasteiger partial charge on any atom is 0.310 e. The van der Waals surface area contributed by atoms with Crippen LogP contribution in [0.5, 0.6) is 11.5 Å². The summed E-state index contributed by atoms with van der Waals surface area (Å²) in [5, 5.41) is 11.1. The van der Waals surface area contributed by atoms with Crippen LogP contribution < -0.4 is 4.74 Å². The van der Waals surface area contributed by atoms with Gasteiger partial charge in [0.1, 0.15) is 11.5 Å². The highest BCUT2D eigenvalue weighted by Gasteiger charge is 2.06. The van der Waals surface area contributed by atoms with Gasteiger partial charge >= 0.3 is 5.97 Å². The number of phenols is 1. The first kappa shape index (κ1) is 10.5. The second-order valence-electron chi connectivity index (χ2n) is 3.49. The van der Waals surface area contributed by atoms with Crippen LogP contribution in [0, 0.1) is 0 Å². The molecule has 0 unspecified atom stereocenters. The molecular weight excluding hydrogens is 204 g/mol. The largest absolute Gasteiger partial charge is 0.508 e. The summed E-state index contributed by atoms with van der Waals surface area (Å²) >= 11 is 0. The molecule has 0 aliphatic carbocycles. The minimum Gasteiger partial charge on any atom is -0.508 e. The lowest BCUT2D eigenvalue weighted by molar-refractivity contribution is -0.133. The van der Waals surface area contributed by atoms with E-state index in [1.807, 2.05) is 12.1 Å². The van der Waals surface area contributed by atoms with Crippen LogP contribution in [0.15, 0.2) is 36.4 Å². The molecule has 0 aliphatic rings. The van der Waals surface area contributed by atoms with E-state index in [4.69, 9.17) is 4.74 Å². The number of hydrogen-bond donors (Lipinski definition) is 1. The first-order chi connectivity index (χ1) is 7.70. The van der Waals surface area contributed by atoms with E-state index < -0.39 is 0 Å². The third kappa shape index (κ3) is 1.98. The van der Waals surface area contributed by atoms with E-state index in [-0.39, 0.29) is 11.7 Å². The highest BCUT2D eigenvalue weighted by Crippen LogP contribution is 2.28. The molecule has 0 saturated heterocycles. The van der Waals surface area contributed by atoms with Crippen LogP contribution in [0.25, 0.3) is 10.8 Å². The maximum atomic E-state index is 11.2. The Kier molecular flexibility index (Phi) is 2.77. The number of carbonyl (C=O) groups is 1. The number of aromatic hydroxyl groups is 1. The zero-order valence-electron chi connectivity index (χ0n) is 8.93. The predicted octanol–water partition coefficient (Wildman–Crippen LogP) is 2.86. The van der Waals surface area contributed by atoms with Gasteiger partial charge in [0.05, 0.1) is 0 Å². The summed E-state index contributed by atoms with van der Waals surface area (Å²) in [4.78, 5) is 11.2. The maximum absolute atomic E-state index is 11.2. The number of rotatable bonds is 2. The molecular formula is C13H12O3. The van der Waals surface area contributed by atoms with E-state index in [9.17, 15) is 9.90 Å². The Hall–Kier alpha value is -2.03. The molecule has 0 spiro atoms. The molecule has 3 nitrogen and oxygen atoms in total. The zero-order valence-corrected chi connectivity index (χ0v) is 8.93. The first-order valence-corrected chi connectivity index (χ1v) is 5.13. The van der Waals surface area contributed by atoms with E-state index in [0.29, 0.717) is 12.2 Å². The zero-order chi connectivity index (χ0) is 11.5. The van der Waals surface area contributed by atoms with Crippen molar-refractivity contribution >= 4 is 16.7 Å². The topological polar surface area (TPSA) is 46.5 Å². The average molecular weight is 216 g/mol. The van der Waals surface area contributed by atoms with Crippen molar-refractivity contribution in [2.45, 2.75) is 13.3 Å². The van der Waals surface area contributed by atoms with Crippen LogP contribution in [-0.2, 0) is 4.79 Å². The predicted molar refractivity (Wildman–Crippen MR) is 61.5 cm³/mol. The quantitative estimate of drug-likeness (QED) is 0.620. The summed E-state index contributed by atoms with van der Waals surface area (Å²) in [6, 6.07) is 10.4. The lowest BCUT2D eigenvalue weighted by Crippen LogP contribution is -2.05. The summed E-state index contributed by atoms with van der Waals surface area (Å²) in [6.07, 6.45) is 0.329. The van der Waals surface area contributed by atoms with Gasteiger partial charge in [0.25, 0.3) is 0 Å². The standard InChI is InChI=1S/C13H12O3/c1-2-13(15)16-12-5-3-4-9-6-7-10(14)8-11(9)12/h3-8,14H,2H2,1H3. The van der Waals surface area contributed by atoms with Gasteiger partial charge in [-0.25, -0.2) is 0 Å². The minimum atomic E-state index is -0.282. The molecule has 0 atom stereocenters. The van der Waals surface area contributed by atoms with Gasteiger partial charge < -0.3 is 9.84 Å². The van der Waals surface area contributed by atoms with Gasteiger partial charge in [0.15, 0.2) is 0 Å². The van der Waals surface area contributed by atoms with Crippen LogP contribution in [0.4, 0.5) is 0 Å². The average Bonchev–Trinajstić information content (AvgIpc) is 2.29. The Morgan fingerprint density at radius 3 is 2.88 bits per heavy atom. The minimum absolute atomic E-state index is 0.160. The molecule has 2 aromatic rings. The molecule has 16 heavy (non-hydrogen) atoms. The monoisotopic (exact) mass is 216 g/mol. The lowest BCUT2D eigenvalue weighted by Gasteiger charge is -2.06. The summed E-state index contributed by atoms with van der Waals surface area (Å²) < 4.78 is 5.18. The van der Waals surface area contributed by atoms with Gasteiger partial charge in [-0.1, -0.05) is 25.1 Å². The fourth-order valence-electron chi connectivity index (χ4n) is 1.52. The van der Waals surface area contributed by atoms with Crippen molar-refractivity contribution in [3.05, 3.63) is 36.4 Å². The van der Waals surface area contributed by atoms with Crippen molar-refractivity contribution in [1.82, 2.24) is 0 Å². The van der Waals surface area contributed by atoms with Crippen LogP contribution >= 0.6 is 0 Å². The third-order valence-corrected chi connectivity index (χ3v) is 2.34. The second-order valence-corrected chi connectivity index (χ2v) is 3.49. The summed E-state index contributed by atoms with van der Waals surface area (Å²) in [7, 11) is 0. The fraction of sp³-hybridized carbons (Fsp3) is 0.154. The van der Waals surface area contributed by atoms with E-state index in [0.717, 1.165) is 10.8 Å². The van der Waals surface area contributed by atoms with E-state index in [1.165, 1.54) is 0 Å². The number of carbonyl (C=O) groups excluding carboxylic acids is 1. The van der Waals surface area contributed by atoms with Crippen LogP contribution in [0.1, 0.15) is 13.3 Å². The smallest absolute Gasteiger partial charge is 0.310 e. The Bertz CT molecular complexity index is 532. The van der Waals surface area contributed by atoms with Crippen molar-refractivity contribution in [1.29, 1.82) is 0 Å². The Morgan fingerprint density at radius 1 is 1.31 bits per heavy atom. The van der Waals surface area contributed by atoms with Crippen molar-refractivity contribution in [3.63, 3.8) is 0 Å². The fourth-order valence-corrected chi connectivity index (χ4v) is 1.52. The van der Waals surface area contributed by atoms with Gasteiger partial charge in [-0.05, 0) is 23.6 Å². The lowest BCUT2D eigenvalue weighted by atomic mass is 10.1. The Balaban J connectivity index is 2.52. The normalized spacial score (nSPS) is 10.3. The number of phenolic OH excluding ortho intramolecular Hbond substituents is 1. The molecule has 0 saturated carbocycles. The first-order valence-electron chi connectivity index (χ1n) is 5.13. The highest BCUT2D eigenvalue weighted by atomic mass is 16.5. The van der Waals surface area contributed by atoms with Gasteiger partial charge in [0, 0.05) is 11.8 Å². The summed E-state index contributed by atoms with van der Waals surface area (Å²) in [5.74, 6) is 0.364. The molecule has 0 aromatic heterocycles. The Labute approximate surface area is 93.3 Å². The number of benzene rings is 2. The van der Waals surface area contributed by atoms with Crippen LogP contribution in [-0.4, -0.2) is 11.1 Å². The molecule has 3 heteroatoms. The Morgan fingerprint density at radius 2 is 2.12 bits per heavy atom. The van der Waals surface area contributed by atoms with Crippen molar-refractivity contribution in [2.24, 2.45) is 0 Å². The van der Waals surface area contributed by atoms with Gasteiger partial charge in [-0.15, -0.1) is 0 Å². The van der Waals surface area contributed by atoms with E-state index >= 15 is 0 Å². The molecule has 2 aromatic carbocycles. The molecule has 2 rings (SSSR count). The number of ether oxygens (including phenoxy) is 1. The number of fused-ring (bicyclic) bond motifs is 1. The molecule has 0 amide bonds. The summed E-state index contributed by atoms with van der Waals surface area (Å²) in [6.45, 7) is 1.74. The van der Waals surface area contributed by atoms with E-state index in [2.05, 4.69) is 0 Å². The third-order valence-electron chi connectivity index (χ3n) is 2.34. The molecule has 0 aliphatic heterocycles. The molecule has 0 bridgehead atoms. The SMILES string of the molecule is CCC(=O)Oc1cccc2ccc(O)cc12. The van der Waals surface area contributed by atoms with Crippen molar-refractivity contribution in [2.75, 3.05) is 0 Å². The number of hydrogen-bond acceptors (Lipinski definition) is 3. The highest BCUT2D eigenvalue weighted by molar-refractivity contribution is 5.91. The summed E-state index contributed by atoms with van der Waals surface area (Å²) in [5.41, 5.74) is 0. The van der Waals surface area contributed by atoms with Crippen molar-refractivity contribution < 1.29 is 14.6 Å². The second kappa shape index (κ2) is 4.23. The van der Waals surface area contributed by atoms with Crippen LogP contribution in [0.2, 0.25) is 0 Å².